The number of aromatic hydroxyl groups is 1. The molecular formula is C48H34N2O. The van der Waals surface area contributed by atoms with Gasteiger partial charge in [-0.1, -0.05) is 140 Å². The van der Waals surface area contributed by atoms with Crippen molar-refractivity contribution < 1.29 is 5.11 Å². The lowest BCUT2D eigenvalue weighted by atomic mass is 9.95. The molecule has 0 spiro atoms. The molecule has 1 heterocycles. The summed E-state index contributed by atoms with van der Waals surface area (Å²) in [7, 11) is 0. The maximum absolute atomic E-state index is 11.3. The molecule has 51 heavy (non-hydrogen) atoms. The Balaban J connectivity index is 1.06. The minimum atomic E-state index is 0.225. The number of benzene rings is 8. The van der Waals surface area contributed by atoms with Crippen molar-refractivity contribution in [2.45, 2.75) is 0 Å². The molecule has 0 saturated carbocycles. The van der Waals surface area contributed by atoms with E-state index in [1.54, 1.807) is 6.07 Å². The molecule has 8 aromatic carbocycles. The summed E-state index contributed by atoms with van der Waals surface area (Å²) in [4.78, 5) is 0. The molecule has 2 N–H and O–H groups in total. The number of nitrogens with one attached hydrogen (secondary N) is 1. The van der Waals surface area contributed by atoms with Gasteiger partial charge in [0.1, 0.15) is 5.75 Å². The fourth-order valence-electron chi connectivity index (χ4n) is 7.29. The highest BCUT2D eigenvalue weighted by Crippen LogP contribution is 2.41. The second-order valence-corrected chi connectivity index (χ2v) is 12.8. The zero-order valence-electron chi connectivity index (χ0n) is 27.9. The number of aromatic nitrogens is 1. The maximum Gasteiger partial charge on any atom is 0.125 e. The van der Waals surface area contributed by atoms with Gasteiger partial charge in [0, 0.05) is 33.3 Å². The van der Waals surface area contributed by atoms with Crippen molar-refractivity contribution >= 4 is 33.2 Å². The number of fused-ring (bicyclic) bond motifs is 3. The molecule has 0 bridgehead atoms. The molecule has 9 rings (SSSR count). The van der Waals surface area contributed by atoms with E-state index in [0.29, 0.717) is 0 Å². The van der Waals surface area contributed by atoms with E-state index in [2.05, 4.69) is 174 Å². The predicted molar refractivity (Wildman–Crippen MR) is 214 cm³/mol. The van der Waals surface area contributed by atoms with Gasteiger partial charge in [-0.05, 0) is 88.0 Å². The van der Waals surface area contributed by atoms with Gasteiger partial charge >= 0.3 is 0 Å². The van der Waals surface area contributed by atoms with Crippen LogP contribution in [0, 0.1) is 0 Å². The van der Waals surface area contributed by atoms with E-state index in [4.69, 9.17) is 0 Å². The van der Waals surface area contributed by atoms with Crippen LogP contribution < -0.4 is 5.32 Å². The van der Waals surface area contributed by atoms with Gasteiger partial charge in [0.25, 0.3) is 0 Å². The first-order chi connectivity index (χ1) is 25.2. The fourth-order valence-corrected chi connectivity index (χ4v) is 7.29. The largest absolute Gasteiger partial charge is 0.507 e. The molecular weight excluding hydrogens is 621 g/mol. The van der Waals surface area contributed by atoms with E-state index in [1.807, 2.05) is 24.3 Å². The summed E-state index contributed by atoms with van der Waals surface area (Å²) in [6.45, 7) is 0. The SMILES string of the molecule is Oc1cccc(Nc2ccccc2-c2ccc(-n3c4ccccc4c4ccccc43)cc2)c1-c1cccc(-c2cccc(-c3ccccc3)c2)c1. The van der Waals surface area contributed by atoms with Crippen molar-refractivity contribution in [2.75, 3.05) is 5.32 Å². The second-order valence-electron chi connectivity index (χ2n) is 12.8. The van der Waals surface area contributed by atoms with E-state index in [0.717, 1.165) is 50.4 Å². The predicted octanol–water partition coefficient (Wildman–Crippen LogP) is 12.9. The summed E-state index contributed by atoms with van der Waals surface area (Å²) in [6, 6.07) is 67.4. The Morgan fingerprint density at radius 1 is 0.373 bits per heavy atom. The molecule has 0 fully saturated rings. The van der Waals surface area contributed by atoms with Crippen LogP contribution in [0.1, 0.15) is 0 Å². The Labute approximate surface area is 297 Å². The first kappa shape index (κ1) is 30.2. The number of phenols is 1. The molecule has 0 atom stereocenters. The van der Waals surface area contributed by atoms with Gasteiger partial charge in [0.15, 0.2) is 0 Å². The summed E-state index contributed by atoms with van der Waals surface area (Å²) < 4.78 is 2.34. The summed E-state index contributed by atoms with van der Waals surface area (Å²) in [5.74, 6) is 0.225. The van der Waals surface area contributed by atoms with Crippen LogP contribution >= 0.6 is 0 Å². The first-order valence-corrected chi connectivity index (χ1v) is 17.2. The molecule has 0 unspecified atom stereocenters. The minimum absolute atomic E-state index is 0.225. The van der Waals surface area contributed by atoms with Gasteiger partial charge < -0.3 is 15.0 Å². The summed E-state index contributed by atoms with van der Waals surface area (Å²) >= 11 is 0. The molecule has 0 aliphatic rings. The highest BCUT2D eigenvalue weighted by atomic mass is 16.3. The van der Waals surface area contributed by atoms with Crippen LogP contribution in [-0.4, -0.2) is 9.67 Å². The second kappa shape index (κ2) is 12.9. The molecule has 0 saturated heterocycles. The maximum atomic E-state index is 11.3. The van der Waals surface area contributed by atoms with E-state index in [1.165, 1.54) is 32.9 Å². The average molecular weight is 655 g/mol. The van der Waals surface area contributed by atoms with Crippen molar-refractivity contribution in [1.82, 2.24) is 4.57 Å². The molecule has 3 nitrogen and oxygen atoms in total. The van der Waals surface area contributed by atoms with Gasteiger partial charge in [-0.3, -0.25) is 0 Å². The third kappa shape index (κ3) is 5.61. The van der Waals surface area contributed by atoms with Crippen LogP contribution in [0.25, 0.3) is 72.0 Å². The van der Waals surface area contributed by atoms with Gasteiger partial charge in [0.2, 0.25) is 0 Å². The number of hydrogen-bond acceptors (Lipinski definition) is 2. The molecule has 242 valence electrons. The van der Waals surface area contributed by atoms with Crippen molar-refractivity contribution in [3.8, 4) is 55.9 Å². The number of hydrogen-bond donors (Lipinski definition) is 2. The standard InChI is InChI=1S/C48H34N2O/c51-47-26-12-23-44(48(47)38-18-11-17-37(32-38)36-16-10-15-35(31-36)33-13-2-1-3-14-33)49-43-22-7-4-19-40(43)34-27-29-39(30-28-34)50-45-24-8-5-20-41(45)42-21-6-9-25-46(42)50/h1-32,49,51H. The third-order valence-corrected chi connectivity index (χ3v) is 9.71. The van der Waals surface area contributed by atoms with Crippen LogP contribution in [0.2, 0.25) is 0 Å². The van der Waals surface area contributed by atoms with E-state index >= 15 is 0 Å². The molecule has 0 aliphatic heterocycles. The zero-order valence-corrected chi connectivity index (χ0v) is 27.9. The molecule has 0 amide bonds. The first-order valence-electron chi connectivity index (χ1n) is 17.2. The molecule has 9 aromatic rings. The number of para-hydroxylation sites is 3. The van der Waals surface area contributed by atoms with Gasteiger partial charge in [0.05, 0.1) is 16.7 Å². The lowest BCUT2D eigenvalue weighted by Crippen LogP contribution is -1.97. The summed E-state index contributed by atoms with van der Waals surface area (Å²) in [5.41, 5.74) is 13.7. The van der Waals surface area contributed by atoms with Crippen LogP contribution in [0.3, 0.4) is 0 Å². The summed E-state index contributed by atoms with van der Waals surface area (Å²) in [5, 5.41) is 17.5. The monoisotopic (exact) mass is 654 g/mol. The van der Waals surface area contributed by atoms with Crippen molar-refractivity contribution in [3.05, 3.63) is 194 Å². The topological polar surface area (TPSA) is 37.2 Å². The quantitative estimate of drug-likeness (QED) is 0.179. The van der Waals surface area contributed by atoms with Crippen LogP contribution in [-0.2, 0) is 0 Å². The van der Waals surface area contributed by atoms with E-state index in [9.17, 15) is 5.11 Å². The Hall–Kier alpha value is -6.84. The number of rotatable bonds is 7. The lowest BCUT2D eigenvalue weighted by molar-refractivity contribution is 0.477. The van der Waals surface area contributed by atoms with E-state index in [-0.39, 0.29) is 5.75 Å². The fraction of sp³-hybridized carbons (Fsp3) is 0. The highest BCUT2D eigenvalue weighted by molar-refractivity contribution is 6.09. The van der Waals surface area contributed by atoms with Crippen molar-refractivity contribution in [2.24, 2.45) is 0 Å². The van der Waals surface area contributed by atoms with Gasteiger partial charge in [-0.2, -0.15) is 0 Å². The van der Waals surface area contributed by atoms with Gasteiger partial charge in [-0.25, -0.2) is 0 Å². The molecule has 3 heteroatoms. The number of anilines is 2. The Morgan fingerprint density at radius 2 is 0.882 bits per heavy atom. The Bertz CT molecular complexity index is 2620. The van der Waals surface area contributed by atoms with Crippen LogP contribution in [0.15, 0.2) is 194 Å². The average Bonchev–Trinajstić information content (AvgIpc) is 3.53. The van der Waals surface area contributed by atoms with E-state index < -0.39 is 0 Å². The van der Waals surface area contributed by atoms with Gasteiger partial charge in [-0.15, -0.1) is 0 Å². The molecule has 0 aliphatic carbocycles. The molecule has 0 radical (unpaired) electrons. The minimum Gasteiger partial charge on any atom is -0.507 e. The van der Waals surface area contributed by atoms with Crippen LogP contribution in [0.4, 0.5) is 11.4 Å². The number of nitrogens with zero attached hydrogens (tertiary/aromatic N) is 1. The van der Waals surface area contributed by atoms with Crippen LogP contribution in [0.5, 0.6) is 5.75 Å². The number of phenolic OH excluding ortho intramolecular Hbond substituents is 1. The Morgan fingerprint density at radius 3 is 1.59 bits per heavy atom. The highest BCUT2D eigenvalue weighted by Gasteiger charge is 2.15. The lowest BCUT2D eigenvalue weighted by Gasteiger charge is -2.18. The van der Waals surface area contributed by atoms with Crippen molar-refractivity contribution in [1.29, 1.82) is 0 Å². The Kier molecular flexibility index (Phi) is 7.64. The normalized spacial score (nSPS) is 11.2. The van der Waals surface area contributed by atoms with Crippen molar-refractivity contribution in [3.63, 3.8) is 0 Å². The zero-order chi connectivity index (χ0) is 34.1. The summed E-state index contributed by atoms with van der Waals surface area (Å²) in [6.07, 6.45) is 0. The smallest absolute Gasteiger partial charge is 0.125 e. The third-order valence-electron chi connectivity index (χ3n) is 9.71. The molecule has 1 aromatic heterocycles.